The van der Waals surface area contributed by atoms with Crippen molar-refractivity contribution in [1.29, 1.82) is 0 Å². The fourth-order valence-corrected chi connectivity index (χ4v) is 1.23. The van der Waals surface area contributed by atoms with Crippen LogP contribution in [0.15, 0.2) is 21.6 Å². The number of aliphatic hydroxyl groups is 1. The summed E-state index contributed by atoms with van der Waals surface area (Å²) in [5.74, 6) is -4.51. The first-order valence-corrected chi connectivity index (χ1v) is 4.38. The normalized spacial score (nSPS) is 17.3. The molecule has 5 nitrogen and oxygen atoms in total. The summed E-state index contributed by atoms with van der Waals surface area (Å²) in [6.07, 6.45) is 0. The highest BCUT2D eigenvalue weighted by molar-refractivity contribution is 6.55. The lowest BCUT2D eigenvalue weighted by molar-refractivity contribution is -0.139. The molecule has 1 rings (SSSR count). The van der Waals surface area contributed by atoms with E-state index in [2.05, 4.69) is 4.74 Å². The van der Waals surface area contributed by atoms with E-state index < -0.39 is 39.1 Å². The third-order valence-electron chi connectivity index (χ3n) is 1.47. The zero-order valence-corrected chi connectivity index (χ0v) is 8.85. The molecule has 0 fully saturated rings. The van der Waals surface area contributed by atoms with Crippen molar-refractivity contribution in [2.75, 3.05) is 0 Å². The Morgan fingerprint density at radius 3 is 2.20 bits per heavy atom. The Hall–Kier alpha value is -1.33. The molecule has 7 heteroatoms. The summed E-state index contributed by atoms with van der Waals surface area (Å²) in [6, 6.07) is 0. The second-order valence-electron chi connectivity index (χ2n) is 2.56. The first-order chi connectivity index (χ1) is 6.86. The number of carbonyl (C=O) groups excluding carboxylic acids is 3. The number of ether oxygens (including phenoxy) is 1. The van der Waals surface area contributed by atoms with Gasteiger partial charge in [-0.25, -0.2) is 0 Å². The molecule has 15 heavy (non-hydrogen) atoms. The van der Waals surface area contributed by atoms with E-state index in [4.69, 9.17) is 28.3 Å². The molecular weight excluding hydrogens is 247 g/mol. The Bertz CT molecular complexity index is 432. The molecule has 0 bridgehead atoms. The molecule has 0 spiro atoms. The van der Waals surface area contributed by atoms with Crippen LogP contribution in [0.3, 0.4) is 0 Å². The Kier molecular flexibility index (Phi) is 3.16. The number of hydrogen-bond donors (Lipinski definition) is 1. The minimum absolute atomic E-state index is 0.669. The summed E-state index contributed by atoms with van der Waals surface area (Å²) >= 11 is 10.7. The number of ketones is 2. The SMILES string of the molecule is CC(=O)OC1=C(Cl)C(=O)C(O)=C(Cl)C1=O. The predicted molar refractivity (Wildman–Crippen MR) is 50.2 cm³/mol. The smallest absolute Gasteiger partial charge is 0.308 e. The number of aliphatic hydroxyl groups excluding tert-OH is 1. The van der Waals surface area contributed by atoms with Gasteiger partial charge < -0.3 is 9.84 Å². The number of esters is 1. The van der Waals surface area contributed by atoms with Crippen molar-refractivity contribution in [3.05, 3.63) is 21.6 Å². The average molecular weight is 251 g/mol. The van der Waals surface area contributed by atoms with Gasteiger partial charge in [-0.15, -0.1) is 0 Å². The molecule has 0 aromatic rings. The van der Waals surface area contributed by atoms with Crippen LogP contribution in [0, 0.1) is 0 Å². The van der Waals surface area contributed by atoms with Gasteiger partial charge in [0, 0.05) is 6.92 Å². The van der Waals surface area contributed by atoms with E-state index in [0.717, 1.165) is 6.92 Å². The topological polar surface area (TPSA) is 80.7 Å². The highest BCUT2D eigenvalue weighted by Crippen LogP contribution is 2.28. The number of allylic oxidation sites excluding steroid dienone is 2. The Labute approximate surface area is 93.9 Å². The largest absolute Gasteiger partial charge is 0.503 e. The number of halogens is 2. The van der Waals surface area contributed by atoms with Gasteiger partial charge in [0.15, 0.2) is 5.76 Å². The van der Waals surface area contributed by atoms with E-state index in [9.17, 15) is 14.4 Å². The average Bonchev–Trinajstić information content (AvgIpc) is 2.18. The van der Waals surface area contributed by atoms with Crippen molar-refractivity contribution >= 4 is 40.7 Å². The van der Waals surface area contributed by atoms with Gasteiger partial charge in [0.25, 0.3) is 0 Å². The first-order valence-electron chi connectivity index (χ1n) is 3.62. The van der Waals surface area contributed by atoms with Gasteiger partial charge in [0.2, 0.25) is 17.3 Å². The molecule has 0 saturated heterocycles. The van der Waals surface area contributed by atoms with Crippen LogP contribution in [0.1, 0.15) is 6.92 Å². The predicted octanol–water partition coefficient (Wildman–Crippen LogP) is 1.16. The van der Waals surface area contributed by atoms with E-state index in [1.807, 2.05) is 0 Å². The molecular formula is C8H4Cl2O5. The Balaban J connectivity index is 3.22. The molecule has 0 atom stereocenters. The molecule has 0 aliphatic heterocycles. The van der Waals surface area contributed by atoms with Crippen LogP contribution in [0.5, 0.6) is 0 Å². The van der Waals surface area contributed by atoms with E-state index >= 15 is 0 Å². The van der Waals surface area contributed by atoms with Gasteiger partial charge in [-0.2, -0.15) is 0 Å². The quantitative estimate of drug-likeness (QED) is 0.558. The molecule has 0 heterocycles. The van der Waals surface area contributed by atoms with Crippen molar-refractivity contribution in [2.24, 2.45) is 0 Å². The minimum Gasteiger partial charge on any atom is -0.503 e. The molecule has 1 aliphatic carbocycles. The van der Waals surface area contributed by atoms with E-state index in [-0.39, 0.29) is 0 Å². The van der Waals surface area contributed by atoms with Gasteiger partial charge in [0.05, 0.1) is 0 Å². The first kappa shape index (κ1) is 11.7. The fourth-order valence-electron chi connectivity index (χ4n) is 0.849. The highest BCUT2D eigenvalue weighted by Gasteiger charge is 2.35. The zero-order chi connectivity index (χ0) is 11.7. The van der Waals surface area contributed by atoms with Crippen LogP contribution >= 0.6 is 23.2 Å². The van der Waals surface area contributed by atoms with E-state index in [0.29, 0.717) is 0 Å². The number of hydrogen-bond acceptors (Lipinski definition) is 5. The minimum atomic E-state index is -1.06. The molecule has 0 saturated carbocycles. The van der Waals surface area contributed by atoms with Crippen molar-refractivity contribution < 1.29 is 24.2 Å². The number of carbonyl (C=O) groups is 3. The second kappa shape index (κ2) is 4.04. The molecule has 0 unspecified atom stereocenters. The summed E-state index contributed by atoms with van der Waals surface area (Å²) in [6.45, 7) is 1.03. The number of rotatable bonds is 1. The summed E-state index contributed by atoms with van der Waals surface area (Å²) < 4.78 is 4.41. The van der Waals surface area contributed by atoms with Crippen molar-refractivity contribution in [1.82, 2.24) is 0 Å². The van der Waals surface area contributed by atoms with E-state index in [1.165, 1.54) is 0 Å². The van der Waals surface area contributed by atoms with Gasteiger partial charge in [-0.05, 0) is 0 Å². The molecule has 0 radical (unpaired) electrons. The third kappa shape index (κ3) is 2.03. The zero-order valence-electron chi connectivity index (χ0n) is 7.34. The van der Waals surface area contributed by atoms with Crippen LogP contribution < -0.4 is 0 Å². The second-order valence-corrected chi connectivity index (χ2v) is 3.31. The molecule has 0 amide bonds. The van der Waals surface area contributed by atoms with Crippen LogP contribution in [0.4, 0.5) is 0 Å². The Morgan fingerprint density at radius 1 is 1.20 bits per heavy atom. The summed E-state index contributed by atoms with van der Waals surface area (Å²) in [7, 11) is 0. The lowest BCUT2D eigenvalue weighted by Crippen LogP contribution is -2.22. The van der Waals surface area contributed by atoms with E-state index in [1.54, 1.807) is 0 Å². The third-order valence-corrected chi connectivity index (χ3v) is 2.17. The van der Waals surface area contributed by atoms with Gasteiger partial charge >= 0.3 is 5.97 Å². The van der Waals surface area contributed by atoms with Gasteiger partial charge in [-0.1, -0.05) is 23.2 Å². The standard InChI is InChI=1S/C8H4Cl2O5/c1-2(11)15-8-4(10)6(13)5(12)3(9)7(8)14/h12H,1H3. The van der Waals surface area contributed by atoms with Gasteiger partial charge in [-0.3, -0.25) is 14.4 Å². The Morgan fingerprint density at radius 2 is 1.73 bits per heavy atom. The summed E-state index contributed by atoms with van der Waals surface area (Å²) in [5, 5.41) is 7.67. The van der Waals surface area contributed by atoms with Crippen molar-refractivity contribution in [3.8, 4) is 0 Å². The monoisotopic (exact) mass is 250 g/mol. The van der Waals surface area contributed by atoms with Gasteiger partial charge in [0.1, 0.15) is 10.1 Å². The van der Waals surface area contributed by atoms with Crippen LogP contribution in [0.2, 0.25) is 0 Å². The van der Waals surface area contributed by atoms with Crippen LogP contribution in [0.25, 0.3) is 0 Å². The maximum Gasteiger partial charge on any atom is 0.308 e. The molecule has 1 aliphatic rings. The van der Waals surface area contributed by atoms with Crippen LogP contribution in [-0.4, -0.2) is 22.6 Å². The lowest BCUT2D eigenvalue weighted by Gasteiger charge is -2.13. The summed E-state index contributed by atoms with van der Waals surface area (Å²) in [4.78, 5) is 33.1. The maximum atomic E-state index is 11.3. The van der Waals surface area contributed by atoms with Crippen molar-refractivity contribution in [3.63, 3.8) is 0 Å². The van der Waals surface area contributed by atoms with Crippen molar-refractivity contribution in [2.45, 2.75) is 6.92 Å². The highest BCUT2D eigenvalue weighted by atomic mass is 35.5. The summed E-state index contributed by atoms with van der Waals surface area (Å²) in [5.41, 5.74) is 0. The lowest BCUT2D eigenvalue weighted by atomic mass is 10.1. The molecule has 80 valence electrons. The number of Topliss-reactive ketones (excluding diaryl/α,β-unsaturated/α-hetero) is 2. The molecule has 1 N–H and O–H groups in total. The maximum absolute atomic E-state index is 11.3. The molecule has 0 aromatic heterocycles. The fraction of sp³-hybridized carbons (Fsp3) is 0.125. The molecule has 0 aromatic carbocycles. The van der Waals surface area contributed by atoms with Crippen LogP contribution in [-0.2, 0) is 19.1 Å².